The van der Waals surface area contributed by atoms with E-state index in [1.807, 2.05) is 6.26 Å². The molecule has 0 radical (unpaired) electrons. The number of amides is 1. The molecule has 5 rings (SSSR count). The molecule has 160 valence electrons. The number of nitrogens with one attached hydrogen (secondary N) is 2. The Bertz CT molecular complexity index is 1330. The number of carbonyl (C=O) groups excluding carboxylic acids is 1. The van der Waals surface area contributed by atoms with Crippen LogP contribution in [0.3, 0.4) is 0 Å². The lowest BCUT2D eigenvalue weighted by Gasteiger charge is -2.19. The van der Waals surface area contributed by atoms with E-state index in [9.17, 15) is 9.18 Å². The number of aromatic amines is 1. The number of nitrogens with zero attached hydrogens (tertiary/aromatic N) is 4. The Balaban J connectivity index is 1.61. The third kappa shape index (κ3) is 3.32. The number of alkyl halides is 1. The second-order valence-corrected chi connectivity index (χ2v) is 9.31. The van der Waals surface area contributed by atoms with Crippen molar-refractivity contribution in [3.63, 3.8) is 0 Å². The lowest BCUT2D eigenvalue weighted by Crippen LogP contribution is -2.14. The number of benzene rings is 1. The number of thiazole rings is 1. The zero-order chi connectivity index (χ0) is 21.9. The first kappa shape index (κ1) is 20.1. The molecule has 1 aromatic carbocycles. The molecule has 0 saturated heterocycles. The van der Waals surface area contributed by atoms with Crippen LogP contribution in [0.2, 0.25) is 0 Å². The van der Waals surface area contributed by atoms with Gasteiger partial charge < -0.3 is 10.2 Å². The van der Waals surface area contributed by atoms with E-state index >= 15 is 4.39 Å². The summed E-state index contributed by atoms with van der Waals surface area (Å²) in [6.45, 7) is 0. The number of anilines is 2. The number of H-pyrrole nitrogens is 1. The van der Waals surface area contributed by atoms with Gasteiger partial charge in [-0.1, -0.05) is 11.3 Å². The number of carbonyl (C=O) groups is 1. The zero-order valence-electron chi connectivity index (χ0n) is 16.9. The summed E-state index contributed by atoms with van der Waals surface area (Å²) in [7, 11) is 3.57. The number of hydrogen-bond acceptors (Lipinski definition) is 7. The average Bonchev–Trinajstić information content (AvgIpc) is 3.11. The topological polar surface area (TPSA) is 86.8 Å². The van der Waals surface area contributed by atoms with E-state index in [0.29, 0.717) is 42.8 Å². The third-order valence-electron chi connectivity index (χ3n) is 5.22. The van der Waals surface area contributed by atoms with Crippen molar-refractivity contribution in [3.8, 4) is 11.3 Å². The van der Waals surface area contributed by atoms with Crippen molar-refractivity contribution < 1.29 is 13.6 Å². The Morgan fingerprint density at radius 3 is 2.81 bits per heavy atom. The molecule has 3 aromatic heterocycles. The van der Waals surface area contributed by atoms with E-state index < -0.39 is 12.1 Å². The molecule has 2 unspecified atom stereocenters. The van der Waals surface area contributed by atoms with Gasteiger partial charge in [0, 0.05) is 25.0 Å². The largest absolute Gasteiger partial charge is 0.374 e. The van der Waals surface area contributed by atoms with Crippen molar-refractivity contribution in [2.75, 3.05) is 30.6 Å². The van der Waals surface area contributed by atoms with Gasteiger partial charge in [-0.2, -0.15) is 5.10 Å². The predicted molar refractivity (Wildman–Crippen MR) is 120 cm³/mol. The minimum absolute atomic E-state index is 0.256. The maximum Gasteiger partial charge on any atom is 0.232 e. The summed E-state index contributed by atoms with van der Waals surface area (Å²) in [5.74, 6) is -1.29. The molecule has 3 heterocycles. The average molecular weight is 461 g/mol. The van der Waals surface area contributed by atoms with Gasteiger partial charge in [0.2, 0.25) is 5.91 Å². The van der Waals surface area contributed by atoms with Gasteiger partial charge in [-0.25, -0.2) is 18.7 Å². The van der Waals surface area contributed by atoms with Gasteiger partial charge in [0.25, 0.3) is 0 Å². The van der Waals surface area contributed by atoms with Crippen molar-refractivity contribution in [3.05, 3.63) is 24.1 Å². The van der Waals surface area contributed by atoms with Gasteiger partial charge in [-0.3, -0.25) is 9.89 Å². The van der Waals surface area contributed by atoms with Crippen LogP contribution in [-0.4, -0.2) is 52.6 Å². The van der Waals surface area contributed by atoms with Gasteiger partial charge >= 0.3 is 0 Å². The minimum Gasteiger partial charge on any atom is -0.374 e. The first-order valence-electron chi connectivity index (χ1n) is 9.51. The molecule has 1 amide bonds. The van der Waals surface area contributed by atoms with E-state index in [1.54, 1.807) is 37.3 Å². The molecule has 1 aliphatic carbocycles. The SMILES string of the molecule is CSc1c(F)c(N(C)C)c2[nH]ncc2c1-c1ccc2nc(NC(=O)C3CC3F)sc2n1. The minimum atomic E-state index is -1.07. The first-order chi connectivity index (χ1) is 14.9. The Hall–Kier alpha value is -2.79. The van der Waals surface area contributed by atoms with Crippen LogP contribution in [0.25, 0.3) is 32.5 Å². The van der Waals surface area contributed by atoms with Crippen LogP contribution in [-0.2, 0) is 4.79 Å². The zero-order valence-corrected chi connectivity index (χ0v) is 18.5. The van der Waals surface area contributed by atoms with Crippen LogP contribution in [0.4, 0.5) is 19.6 Å². The predicted octanol–water partition coefficient (Wildman–Crippen LogP) is 4.46. The van der Waals surface area contributed by atoms with Gasteiger partial charge in [0.1, 0.15) is 16.5 Å². The fourth-order valence-electron chi connectivity index (χ4n) is 3.61. The fourth-order valence-corrected chi connectivity index (χ4v) is 5.15. The monoisotopic (exact) mass is 460 g/mol. The number of fused-ring (bicyclic) bond motifs is 2. The highest BCUT2D eigenvalue weighted by molar-refractivity contribution is 7.98. The summed E-state index contributed by atoms with van der Waals surface area (Å²) >= 11 is 2.51. The van der Waals surface area contributed by atoms with Crippen molar-refractivity contribution in [1.29, 1.82) is 0 Å². The Labute approximate surface area is 184 Å². The van der Waals surface area contributed by atoms with Crippen LogP contribution >= 0.6 is 23.1 Å². The second kappa shape index (κ2) is 7.41. The molecule has 31 heavy (non-hydrogen) atoms. The summed E-state index contributed by atoms with van der Waals surface area (Å²) in [5.41, 5.74) is 2.88. The number of thioether (sulfide) groups is 1. The fraction of sp³-hybridized carbons (Fsp3) is 0.300. The standard InChI is InChI=1S/C20H18F2N6OS2/c1-28(2)16-14(22)17(30-3)13(9-7-23-27-15(9)16)11-4-5-12-19(24-11)31-20(25-12)26-18(29)8-6-10(8)21/h4-5,7-8,10H,6H2,1-3H3,(H,23,27)(H,25,26,29). The molecule has 0 bridgehead atoms. The Morgan fingerprint density at radius 2 is 2.13 bits per heavy atom. The molecular weight excluding hydrogens is 442 g/mol. The van der Waals surface area contributed by atoms with Crippen LogP contribution in [0, 0.1) is 11.7 Å². The summed E-state index contributed by atoms with van der Waals surface area (Å²) in [6.07, 6.45) is 2.68. The lowest BCUT2D eigenvalue weighted by molar-refractivity contribution is -0.117. The number of pyridine rings is 1. The third-order valence-corrected chi connectivity index (χ3v) is 6.89. The highest BCUT2D eigenvalue weighted by Crippen LogP contribution is 2.43. The summed E-state index contributed by atoms with van der Waals surface area (Å²) < 4.78 is 28.5. The molecule has 7 nitrogen and oxygen atoms in total. The van der Waals surface area contributed by atoms with E-state index in [-0.39, 0.29) is 18.1 Å². The van der Waals surface area contributed by atoms with Gasteiger partial charge in [-0.05, 0) is 24.8 Å². The molecular formula is C20H18F2N6OS2. The quantitative estimate of drug-likeness (QED) is 0.428. The summed E-state index contributed by atoms with van der Waals surface area (Å²) in [5, 5.41) is 10.8. The maximum atomic E-state index is 15.4. The van der Waals surface area contributed by atoms with Gasteiger partial charge in [-0.15, -0.1) is 11.8 Å². The highest BCUT2D eigenvalue weighted by Gasteiger charge is 2.43. The number of rotatable bonds is 5. The van der Waals surface area contributed by atoms with Gasteiger partial charge in [0.05, 0.1) is 33.9 Å². The van der Waals surface area contributed by atoms with Crippen molar-refractivity contribution in [1.82, 2.24) is 20.2 Å². The van der Waals surface area contributed by atoms with E-state index in [2.05, 4.69) is 20.5 Å². The van der Waals surface area contributed by atoms with Crippen LogP contribution in [0.5, 0.6) is 0 Å². The summed E-state index contributed by atoms with van der Waals surface area (Å²) in [6, 6.07) is 3.56. The highest BCUT2D eigenvalue weighted by atomic mass is 32.2. The van der Waals surface area contributed by atoms with Crippen LogP contribution in [0.1, 0.15) is 6.42 Å². The molecule has 0 aliphatic heterocycles. The molecule has 2 N–H and O–H groups in total. The molecule has 1 aliphatic rings. The molecule has 11 heteroatoms. The number of aromatic nitrogens is 4. The lowest BCUT2D eigenvalue weighted by atomic mass is 10.0. The van der Waals surface area contributed by atoms with E-state index in [4.69, 9.17) is 4.98 Å². The van der Waals surface area contributed by atoms with Crippen LogP contribution < -0.4 is 10.2 Å². The van der Waals surface area contributed by atoms with Crippen LogP contribution in [0.15, 0.2) is 23.2 Å². The Kier molecular flexibility index (Phi) is 4.82. The first-order valence-corrected chi connectivity index (χ1v) is 11.6. The smallest absolute Gasteiger partial charge is 0.232 e. The van der Waals surface area contributed by atoms with Crippen molar-refractivity contribution in [2.24, 2.45) is 5.92 Å². The maximum absolute atomic E-state index is 15.4. The normalized spacial score (nSPS) is 18.0. The second-order valence-electron chi connectivity index (χ2n) is 7.51. The molecule has 1 fully saturated rings. The molecule has 1 saturated carbocycles. The van der Waals surface area contributed by atoms with Crippen molar-refractivity contribution in [2.45, 2.75) is 17.5 Å². The number of halogens is 2. The molecule has 4 aromatic rings. The molecule has 0 spiro atoms. The Morgan fingerprint density at radius 1 is 1.35 bits per heavy atom. The van der Waals surface area contributed by atoms with Gasteiger partial charge in [0.15, 0.2) is 10.9 Å². The van der Waals surface area contributed by atoms with E-state index in [1.165, 1.54) is 23.1 Å². The van der Waals surface area contributed by atoms with E-state index in [0.717, 1.165) is 5.39 Å². The number of hydrogen-bond donors (Lipinski definition) is 2. The molecule has 2 atom stereocenters. The van der Waals surface area contributed by atoms with Crippen molar-refractivity contribution >= 4 is 61.1 Å². The summed E-state index contributed by atoms with van der Waals surface area (Å²) in [4.78, 5) is 23.9.